The Labute approximate surface area is 222 Å². The lowest BCUT2D eigenvalue weighted by atomic mass is 9.90. The van der Waals surface area contributed by atoms with Crippen LogP contribution in [0, 0.1) is 5.92 Å². The van der Waals surface area contributed by atoms with Crippen molar-refractivity contribution < 1.29 is 19.3 Å². The standard InChI is InChI=1S/C30H46FN3O3/c1-5-30(31,6-2)20-33-15-13-23(14-16-33)19-37-28-12-11-27(22(4)32-28)24-7-9-25(10-8-24)29(36)34-18-26(35)17-21(34)3/h7-12,21-23,26-27,29,35-36H,5-6,13-20H2,1-4H3/t21-,22?,26+,27?,29?/m0/s1. The number of piperidine rings is 1. The molecule has 3 aliphatic rings. The number of benzene rings is 1. The number of dihydropyridines is 1. The summed E-state index contributed by atoms with van der Waals surface area (Å²) < 4.78 is 20.8. The maximum atomic E-state index is 14.7. The molecule has 5 atom stereocenters. The Balaban J connectivity index is 1.24. The van der Waals surface area contributed by atoms with E-state index in [0.29, 0.717) is 50.8 Å². The van der Waals surface area contributed by atoms with Crippen molar-refractivity contribution in [3.63, 3.8) is 0 Å². The second-order valence-electron chi connectivity index (χ2n) is 11.5. The highest BCUT2D eigenvalue weighted by molar-refractivity contribution is 5.88. The van der Waals surface area contributed by atoms with Gasteiger partial charge in [0, 0.05) is 25.0 Å². The monoisotopic (exact) mass is 515 g/mol. The lowest BCUT2D eigenvalue weighted by molar-refractivity contribution is -0.00839. The van der Waals surface area contributed by atoms with E-state index in [9.17, 15) is 14.6 Å². The van der Waals surface area contributed by atoms with Gasteiger partial charge < -0.3 is 19.8 Å². The molecule has 2 fully saturated rings. The van der Waals surface area contributed by atoms with E-state index >= 15 is 0 Å². The number of aliphatic imine (C=N–C) groups is 1. The molecule has 0 aliphatic carbocycles. The van der Waals surface area contributed by atoms with Crippen LogP contribution in [-0.4, -0.2) is 82.6 Å². The summed E-state index contributed by atoms with van der Waals surface area (Å²) in [6.45, 7) is 11.6. The van der Waals surface area contributed by atoms with Crippen molar-refractivity contribution in [1.29, 1.82) is 0 Å². The summed E-state index contributed by atoms with van der Waals surface area (Å²) in [5.74, 6) is 1.34. The van der Waals surface area contributed by atoms with E-state index in [2.05, 4.69) is 30.0 Å². The lowest BCUT2D eigenvalue weighted by Crippen LogP contribution is -2.43. The van der Waals surface area contributed by atoms with Gasteiger partial charge in [0.05, 0.1) is 18.8 Å². The number of ether oxygens (including phenoxy) is 1. The highest BCUT2D eigenvalue weighted by atomic mass is 19.1. The van der Waals surface area contributed by atoms with Gasteiger partial charge in [0.25, 0.3) is 0 Å². The van der Waals surface area contributed by atoms with E-state index in [4.69, 9.17) is 9.73 Å². The summed E-state index contributed by atoms with van der Waals surface area (Å²) in [5, 5.41) is 20.7. The van der Waals surface area contributed by atoms with Crippen LogP contribution in [0.1, 0.15) is 83.1 Å². The summed E-state index contributed by atoms with van der Waals surface area (Å²) in [6.07, 6.45) is 6.98. The molecule has 7 heteroatoms. The maximum Gasteiger partial charge on any atom is 0.208 e. The second kappa shape index (κ2) is 12.4. The molecule has 3 heterocycles. The van der Waals surface area contributed by atoms with Crippen molar-refractivity contribution >= 4 is 5.90 Å². The fraction of sp³-hybridized carbons (Fsp3) is 0.700. The molecule has 3 aliphatic heterocycles. The number of likely N-dealkylation sites (tertiary alicyclic amines) is 2. The summed E-state index contributed by atoms with van der Waals surface area (Å²) in [7, 11) is 0. The largest absolute Gasteiger partial charge is 0.478 e. The van der Waals surface area contributed by atoms with Gasteiger partial charge in [-0.15, -0.1) is 0 Å². The third-order valence-electron chi connectivity index (χ3n) is 8.78. The molecule has 1 aromatic carbocycles. The molecular weight excluding hydrogens is 469 g/mol. The predicted molar refractivity (Wildman–Crippen MR) is 147 cm³/mol. The zero-order valence-electron chi connectivity index (χ0n) is 23.0. The summed E-state index contributed by atoms with van der Waals surface area (Å²) in [6, 6.07) is 8.32. The van der Waals surface area contributed by atoms with Crippen LogP contribution in [0.3, 0.4) is 0 Å². The minimum Gasteiger partial charge on any atom is -0.478 e. The molecule has 0 amide bonds. The molecule has 0 aromatic heterocycles. The third kappa shape index (κ3) is 6.99. The van der Waals surface area contributed by atoms with Crippen molar-refractivity contribution in [3.8, 4) is 0 Å². The maximum absolute atomic E-state index is 14.7. The quantitative estimate of drug-likeness (QED) is 0.493. The number of β-amino-alcohol motifs (C(OH)–C–C–N with tert-alkyl or cyclic N) is 1. The number of rotatable bonds is 9. The topological polar surface area (TPSA) is 68.5 Å². The van der Waals surface area contributed by atoms with Crippen LogP contribution in [0.5, 0.6) is 0 Å². The first kappa shape index (κ1) is 28.2. The van der Waals surface area contributed by atoms with E-state index in [1.165, 1.54) is 0 Å². The Hall–Kier alpha value is -1.80. The fourth-order valence-electron chi connectivity index (χ4n) is 5.98. The Kier molecular flexibility index (Phi) is 9.43. The van der Waals surface area contributed by atoms with Crippen molar-refractivity contribution in [1.82, 2.24) is 9.80 Å². The molecule has 1 aromatic rings. The minimum atomic E-state index is -1.06. The van der Waals surface area contributed by atoms with Gasteiger partial charge in [-0.05, 0) is 82.2 Å². The van der Waals surface area contributed by atoms with Crippen molar-refractivity contribution in [3.05, 3.63) is 47.5 Å². The van der Waals surface area contributed by atoms with Gasteiger partial charge >= 0.3 is 0 Å². The molecule has 4 rings (SSSR count). The van der Waals surface area contributed by atoms with Crippen LogP contribution in [0.15, 0.2) is 41.4 Å². The van der Waals surface area contributed by atoms with Gasteiger partial charge in [-0.25, -0.2) is 9.38 Å². The van der Waals surface area contributed by atoms with Crippen molar-refractivity contribution in [2.45, 2.75) is 95.8 Å². The van der Waals surface area contributed by atoms with E-state index in [1.807, 2.05) is 43.9 Å². The van der Waals surface area contributed by atoms with Crippen LogP contribution >= 0.6 is 0 Å². The molecule has 206 valence electrons. The number of alkyl halides is 1. The first-order valence-corrected chi connectivity index (χ1v) is 14.2. The Morgan fingerprint density at radius 1 is 1.14 bits per heavy atom. The number of hydrogen-bond donors (Lipinski definition) is 2. The normalized spacial score (nSPS) is 28.9. The van der Waals surface area contributed by atoms with Gasteiger partial charge in [0.2, 0.25) is 5.90 Å². The highest BCUT2D eigenvalue weighted by Crippen LogP contribution is 2.31. The van der Waals surface area contributed by atoms with E-state index in [1.54, 1.807) is 0 Å². The molecule has 3 unspecified atom stereocenters. The van der Waals surface area contributed by atoms with Crippen molar-refractivity contribution in [2.24, 2.45) is 10.9 Å². The van der Waals surface area contributed by atoms with Gasteiger partial charge in [0.15, 0.2) is 0 Å². The number of hydrogen-bond acceptors (Lipinski definition) is 6. The summed E-state index contributed by atoms with van der Waals surface area (Å²) in [5.41, 5.74) is 0.943. The number of aliphatic hydroxyl groups excluding tert-OH is 2. The Morgan fingerprint density at radius 3 is 2.38 bits per heavy atom. The zero-order chi connectivity index (χ0) is 26.6. The van der Waals surface area contributed by atoms with Crippen LogP contribution in [0.2, 0.25) is 0 Å². The molecular formula is C30H46FN3O3. The third-order valence-corrected chi connectivity index (χ3v) is 8.78. The number of halogens is 1. The van der Waals surface area contributed by atoms with Crippen LogP contribution in [-0.2, 0) is 4.74 Å². The molecule has 6 nitrogen and oxygen atoms in total. The van der Waals surface area contributed by atoms with Crippen molar-refractivity contribution in [2.75, 3.05) is 32.8 Å². The average molecular weight is 516 g/mol. The SMILES string of the molecule is CCC(F)(CC)CN1CCC(COC2=NC(C)C(c3ccc(C(O)N4C[C@H](O)C[C@@H]4C)cc3)C=C2)CC1. The molecule has 0 saturated carbocycles. The molecule has 2 saturated heterocycles. The molecule has 0 radical (unpaired) electrons. The number of aliphatic hydroxyl groups is 2. The first-order chi connectivity index (χ1) is 17.7. The zero-order valence-corrected chi connectivity index (χ0v) is 23.0. The first-order valence-electron chi connectivity index (χ1n) is 14.2. The predicted octanol–water partition coefficient (Wildman–Crippen LogP) is 4.83. The van der Waals surface area contributed by atoms with Crippen LogP contribution in [0.25, 0.3) is 0 Å². The average Bonchev–Trinajstić information content (AvgIpc) is 3.25. The van der Waals surface area contributed by atoms with E-state index in [0.717, 1.165) is 37.1 Å². The van der Waals surface area contributed by atoms with Gasteiger partial charge in [-0.2, -0.15) is 0 Å². The fourth-order valence-corrected chi connectivity index (χ4v) is 5.98. The summed E-state index contributed by atoms with van der Waals surface area (Å²) in [4.78, 5) is 9.03. The van der Waals surface area contributed by atoms with Crippen LogP contribution < -0.4 is 0 Å². The van der Waals surface area contributed by atoms with Crippen LogP contribution in [0.4, 0.5) is 4.39 Å². The Bertz CT molecular complexity index is 925. The summed E-state index contributed by atoms with van der Waals surface area (Å²) >= 11 is 0. The van der Waals surface area contributed by atoms with Gasteiger partial charge in [-0.1, -0.05) is 44.2 Å². The highest BCUT2D eigenvalue weighted by Gasteiger charge is 2.33. The Morgan fingerprint density at radius 2 is 1.81 bits per heavy atom. The second-order valence-corrected chi connectivity index (χ2v) is 11.5. The molecule has 0 spiro atoms. The lowest BCUT2D eigenvalue weighted by Gasteiger charge is -2.36. The smallest absolute Gasteiger partial charge is 0.208 e. The van der Waals surface area contributed by atoms with E-state index in [-0.39, 0.29) is 24.1 Å². The molecule has 2 N–H and O–H groups in total. The van der Waals surface area contributed by atoms with Gasteiger partial charge in [0.1, 0.15) is 11.9 Å². The van der Waals surface area contributed by atoms with Gasteiger partial charge in [-0.3, -0.25) is 4.90 Å². The number of nitrogens with zero attached hydrogens (tertiary/aromatic N) is 3. The minimum absolute atomic E-state index is 0.0622. The van der Waals surface area contributed by atoms with E-state index < -0.39 is 11.9 Å². The molecule has 37 heavy (non-hydrogen) atoms. The molecule has 0 bridgehead atoms.